The van der Waals surface area contributed by atoms with Gasteiger partial charge in [-0.05, 0) is 64.6 Å². The van der Waals surface area contributed by atoms with Crippen LogP contribution in [-0.2, 0) is 7.05 Å². The van der Waals surface area contributed by atoms with Crippen LogP contribution in [0.3, 0.4) is 0 Å². The molecule has 1 heterocycles. The molecule has 0 radical (unpaired) electrons. The number of rotatable bonds is 4. The first-order valence-electron chi connectivity index (χ1n) is 12.4. The molecule has 1 heteroatoms. The monoisotopic (exact) mass is 462 g/mol. The highest BCUT2D eigenvalue weighted by Gasteiger charge is 2.23. The van der Waals surface area contributed by atoms with Crippen LogP contribution in [0.4, 0.5) is 0 Å². The lowest BCUT2D eigenvalue weighted by Crippen LogP contribution is -2.32. The number of para-hydroxylation sites is 1. The fourth-order valence-corrected chi connectivity index (χ4v) is 5.12. The number of aromatic nitrogens is 1. The zero-order valence-electron chi connectivity index (χ0n) is 20.6. The predicted molar refractivity (Wildman–Crippen MR) is 152 cm³/mol. The summed E-state index contributed by atoms with van der Waals surface area (Å²) in [6, 6.07) is 48.2. The number of hydrogen-bond acceptors (Lipinski definition) is 0. The Labute approximate surface area is 213 Å². The van der Waals surface area contributed by atoms with Gasteiger partial charge >= 0.3 is 0 Å². The molecule has 36 heavy (non-hydrogen) atoms. The zero-order valence-corrected chi connectivity index (χ0v) is 20.6. The van der Waals surface area contributed by atoms with Crippen molar-refractivity contribution >= 4 is 10.9 Å². The third-order valence-corrected chi connectivity index (χ3v) is 7.03. The van der Waals surface area contributed by atoms with Gasteiger partial charge in [-0.3, -0.25) is 0 Å². The van der Waals surface area contributed by atoms with Gasteiger partial charge in [0.15, 0.2) is 0 Å². The van der Waals surface area contributed by atoms with Crippen molar-refractivity contribution in [2.45, 2.75) is 6.92 Å². The molecule has 1 aromatic heterocycles. The van der Waals surface area contributed by atoms with E-state index in [2.05, 4.69) is 152 Å². The molecule has 0 unspecified atom stereocenters. The molecule has 1 nitrogen and oxygen atoms in total. The Morgan fingerprint density at radius 2 is 1.03 bits per heavy atom. The molecule has 0 aliphatic carbocycles. The molecule has 0 N–H and O–H groups in total. The van der Waals surface area contributed by atoms with Crippen LogP contribution < -0.4 is 4.57 Å². The SMILES string of the molecule is Cc1ccc(-c2cc(-c3ccccc3)c(-c3ccc4ccccc4[n+]3C)c(-c3ccccc3)c2)cc1. The molecule has 0 spiro atoms. The Balaban J connectivity index is 1.73. The normalized spacial score (nSPS) is 11.1. The average Bonchev–Trinajstić information content (AvgIpc) is 2.94. The van der Waals surface area contributed by atoms with Gasteiger partial charge in [-0.1, -0.05) is 103 Å². The maximum atomic E-state index is 2.36. The number of aryl methyl sites for hydroxylation is 2. The molecular formula is C35H28N+. The molecule has 0 saturated heterocycles. The quantitative estimate of drug-likeness (QED) is 0.231. The molecule has 172 valence electrons. The van der Waals surface area contributed by atoms with Gasteiger partial charge in [-0.15, -0.1) is 0 Å². The van der Waals surface area contributed by atoms with E-state index in [1.54, 1.807) is 0 Å². The summed E-state index contributed by atoms with van der Waals surface area (Å²) in [5, 5.41) is 1.24. The Morgan fingerprint density at radius 3 is 1.64 bits per heavy atom. The van der Waals surface area contributed by atoms with Gasteiger partial charge < -0.3 is 0 Å². The van der Waals surface area contributed by atoms with Crippen LogP contribution >= 0.6 is 0 Å². The van der Waals surface area contributed by atoms with E-state index in [4.69, 9.17) is 0 Å². The summed E-state index contributed by atoms with van der Waals surface area (Å²) in [5.74, 6) is 0. The molecular weight excluding hydrogens is 434 g/mol. The summed E-state index contributed by atoms with van der Waals surface area (Å²) >= 11 is 0. The molecule has 0 aliphatic heterocycles. The lowest BCUT2D eigenvalue weighted by Gasteiger charge is -2.18. The van der Waals surface area contributed by atoms with Gasteiger partial charge in [0, 0.05) is 17.5 Å². The van der Waals surface area contributed by atoms with E-state index in [1.165, 1.54) is 61.1 Å². The van der Waals surface area contributed by atoms with E-state index in [-0.39, 0.29) is 0 Å². The van der Waals surface area contributed by atoms with Crippen molar-refractivity contribution in [1.82, 2.24) is 0 Å². The second-order valence-electron chi connectivity index (χ2n) is 9.38. The summed E-state index contributed by atoms with van der Waals surface area (Å²) in [5.41, 5.74) is 12.3. The highest BCUT2D eigenvalue weighted by molar-refractivity contribution is 5.96. The largest absolute Gasteiger partial charge is 0.214 e. The summed E-state index contributed by atoms with van der Waals surface area (Å²) in [4.78, 5) is 0. The van der Waals surface area contributed by atoms with Crippen LogP contribution in [0.1, 0.15) is 5.56 Å². The van der Waals surface area contributed by atoms with Gasteiger partial charge in [-0.2, -0.15) is 4.57 Å². The summed E-state index contributed by atoms with van der Waals surface area (Å²) < 4.78 is 2.33. The molecule has 0 bridgehead atoms. The second-order valence-corrected chi connectivity index (χ2v) is 9.38. The van der Waals surface area contributed by atoms with Gasteiger partial charge in [0.1, 0.15) is 7.05 Å². The summed E-state index contributed by atoms with van der Waals surface area (Å²) in [6.07, 6.45) is 0. The maximum absolute atomic E-state index is 2.36. The van der Waals surface area contributed by atoms with Gasteiger partial charge in [-0.25, -0.2) is 0 Å². The first-order valence-corrected chi connectivity index (χ1v) is 12.4. The first kappa shape index (κ1) is 22.0. The standard InChI is InChI=1S/C35H28N/c1-25-17-19-26(20-18-25)30-23-31(27-11-5-3-6-12-27)35(32(24-30)28-13-7-4-8-14-28)34-22-21-29-15-9-10-16-33(29)36(34)2/h3-24H,1-2H3/q+1. The van der Waals surface area contributed by atoms with Gasteiger partial charge in [0.05, 0.1) is 5.56 Å². The number of nitrogens with zero attached hydrogens (tertiary/aromatic N) is 1. The molecule has 0 atom stereocenters. The molecule has 0 fully saturated rings. The second kappa shape index (κ2) is 9.28. The molecule has 6 rings (SSSR count). The maximum Gasteiger partial charge on any atom is 0.214 e. The van der Waals surface area contributed by atoms with Crippen LogP contribution in [-0.4, -0.2) is 0 Å². The van der Waals surface area contributed by atoms with Crippen molar-refractivity contribution in [3.05, 3.63) is 139 Å². The van der Waals surface area contributed by atoms with Crippen molar-refractivity contribution in [2.24, 2.45) is 7.05 Å². The molecule has 0 saturated carbocycles. The van der Waals surface area contributed by atoms with Crippen molar-refractivity contribution in [1.29, 1.82) is 0 Å². The highest BCUT2D eigenvalue weighted by atomic mass is 14.9. The Bertz CT molecular complexity index is 1600. The third kappa shape index (κ3) is 3.99. The van der Waals surface area contributed by atoms with Gasteiger partial charge in [0.2, 0.25) is 11.2 Å². The topological polar surface area (TPSA) is 3.88 Å². The highest BCUT2D eigenvalue weighted by Crippen LogP contribution is 2.42. The number of hydrogen-bond donors (Lipinski definition) is 0. The average molecular weight is 463 g/mol. The lowest BCUT2D eigenvalue weighted by molar-refractivity contribution is -0.633. The number of fused-ring (bicyclic) bond motifs is 1. The number of pyridine rings is 1. The van der Waals surface area contributed by atoms with Crippen LogP contribution in [0.5, 0.6) is 0 Å². The Kier molecular flexibility index (Phi) is 5.67. The van der Waals surface area contributed by atoms with Crippen LogP contribution in [0.15, 0.2) is 133 Å². The minimum atomic E-state index is 1.20. The Hall–Kier alpha value is -4.49. The van der Waals surface area contributed by atoms with E-state index >= 15 is 0 Å². The fourth-order valence-electron chi connectivity index (χ4n) is 5.12. The van der Waals surface area contributed by atoms with Crippen molar-refractivity contribution in [3.63, 3.8) is 0 Å². The summed E-state index contributed by atoms with van der Waals surface area (Å²) in [6.45, 7) is 2.14. The van der Waals surface area contributed by atoms with E-state index in [1.807, 2.05) is 0 Å². The predicted octanol–water partition coefficient (Wildman–Crippen LogP) is 8.64. The van der Waals surface area contributed by atoms with Crippen LogP contribution in [0.25, 0.3) is 55.5 Å². The molecule has 0 aliphatic rings. The zero-order chi connectivity index (χ0) is 24.5. The first-order chi connectivity index (χ1) is 17.7. The lowest BCUT2D eigenvalue weighted by atomic mass is 9.86. The van der Waals surface area contributed by atoms with Crippen molar-refractivity contribution in [3.8, 4) is 44.6 Å². The molecule has 0 amide bonds. The van der Waals surface area contributed by atoms with Gasteiger partial charge in [0.25, 0.3) is 0 Å². The minimum Gasteiger partial charge on any atom is -0.194 e. The van der Waals surface area contributed by atoms with E-state index in [0.29, 0.717) is 0 Å². The Morgan fingerprint density at radius 1 is 0.472 bits per heavy atom. The van der Waals surface area contributed by atoms with E-state index in [0.717, 1.165) is 0 Å². The van der Waals surface area contributed by atoms with E-state index in [9.17, 15) is 0 Å². The van der Waals surface area contributed by atoms with E-state index < -0.39 is 0 Å². The minimum absolute atomic E-state index is 1.20. The third-order valence-electron chi connectivity index (χ3n) is 7.03. The van der Waals surface area contributed by atoms with Crippen molar-refractivity contribution < 1.29 is 4.57 Å². The number of benzene rings is 5. The van der Waals surface area contributed by atoms with Crippen molar-refractivity contribution in [2.75, 3.05) is 0 Å². The van der Waals surface area contributed by atoms with Crippen LogP contribution in [0, 0.1) is 6.92 Å². The van der Waals surface area contributed by atoms with Crippen LogP contribution in [0.2, 0.25) is 0 Å². The molecule has 5 aromatic carbocycles. The molecule has 6 aromatic rings. The summed E-state index contributed by atoms with van der Waals surface area (Å²) in [7, 11) is 2.18. The fraction of sp³-hybridized carbons (Fsp3) is 0.0571. The smallest absolute Gasteiger partial charge is 0.194 e.